The first kappa shape index (κ1) is 14.9. The molecule has 0 saturated heterocycles. The molecule has 104 valence electrons. The maximum Gasteiger partial charge on any atom is 0.139 e. The van der Waals surface area contributed by atoms with E-state index in [1.807, 2.05) is 11.5 Å². The molecule has 0 bridgehead atoms. The summed E-state index contributed by atoms with van der Waals surface area (Å²) in [6.45, 7) is 1.95. The summed E-state index contributed by atoms with van der Waals surface area (Å²) in [5, 5.41) is 0. The highest BCUT2D eigenvalue weighted by molar-refractivity contribution is 9.10. The molecule has 2 atom stereocenters. The van der Waals surface area contributed by atoms with Crippen LogP contribution in [0.4, 0.5) is 4.39 Å². The van der Waals surface area contributed by atoms with Gasteiger partial charge in [0.15, 0.2) is 0 Å². The van der Waals surface area contributed by atoms with Crippen LogP contribution in [0.15, 0.2) is 16.6 Å². The fourth-order valence-corrected chi connectivity index (χ4v) is 3.49. The Hall–Kier alpha value is -0.460. The fraction of sp³-hybridized carbons (Fsp3) is 0.417. The number of imidazole rings is 1. The zero-order chi connectivity index (χ0) is 14.2. The Morgan fingerprint density at radius 1 is 1.58 bits per heavy atom. The van der Waals surface area contributed by atoms with Crippen LogP contribution in [0.25, 0.3) is 11.0 Å². The van der Waals surface area contributed by atoms with Crippen molar-refractivity contribution in [2.45, 2.75) is 18.8 Å². The van der Waals surface area contributed by atoms with Gasteiger partial charge in [-0.15, -0.1) is 11.6 Å². The standard InChI is InChI=1S/C12H13BrClFN2OS/c1-7(6-19(2)18)17-11-3-8(13)9(15)4-10(11)16-12(17)5-14/h3-4,7H,5-6H2,1-2H3. The third-order valence-electron chi connectivity index (χ3n) is 2.84. The van der Waals surface area contributed by atoms with Gasteiger partial charge in [-0.2, -0.15) is 0 Å². The average molecular weight is 368 g/mol. The van der Waals surface area contributed by atoms with Crippen LogP contribution >= 0.6 is 27.5 Å². The van der Waals surface area contributed by atoms with E-state index in [2.05, 4.69) is 20.9 Å². The van der Waals surface area contributed by atoms with Gasteiger partial charge in [0.25, 0.3) is 0 Å². The predicted molar refractivity (Wildman–Crippen MR) is 80.6 cm³/mol. The minimum atomic E-state index is -0.921. The first-order chi connectivity index (χ1) is 8.93. The van der Waals surface area contributed by atoms with E-state index in [4.69, 9.17) is 11.6 Å². The maximum absolute atomic E-state index is 13.5. The molecule has 7 heteroatoms. The second-order valence-electron chi connectivity index (χ2n) is 4.38. The summed E-state index contributed by atoms with van der Waals surface area (Å²) in [7, 11) is -0.921. The van der Waals surface area contributed by atoms with Crippen molar-refractivity contribution in [2.24, 2.45) is 0 Å². The summed E-state index contributed by atoms with van der Waals surface area (Å²) < 4.78 is 27.2. The van der Waals surface area contributed by atoms with E-state index in [0.29, 0.717) is 21.6 Å². The smallest absolute Gasteiger partial charge is 0.139 e. The molecule has 0 aliphatic heterocycles. The first-order valence-electron chi connectivity index (χ1n) is 5.66. The van der Waals surface area contributed by atoms with Crippen LogP contribution in [0, 0.1) is 5.82 Å². The van der Waals surface area contributed by atoms with Crippen molar-refractivity contribution in [2.75, 3.05) is 12.0 Å². The summed E-state index contributed by atoms with van der Waals surface area (Å²) in [5.41, 5.74) is 1.35. The van der Waals surface area contributed by atoms with Crippen molar-refractivity contribution < 1.29 is 8.60 Å². The molecule has 0 fully saturated rings. The molecular formula is C12H13BrClFN2OS. The Bertz CT molecular complexity index is 646. The van der Waals surface area contributed by atoms with Gasteiger partial charge in [0, 0.05) is 34.9 Å². The topological polar surface area (TPSA) is 34.9 Å². The number of aromatic nitrogens is 2. The third kappa shape index (κ3) is 3.01. The number of fused-ring (bicyclic) bond motifs is 1. The van der Waals surface area contributed by atoms with Crippen LogP contribution in [0.1, 0.15) is 18.8 Å². The molecule has 0 saturated carbocycles. The van der Waals surface area contributed by atoms with Crippen LogP contribution in [0.5, 0.6) is 0 Å². The van der Waals surface area contributed by atoms with E-state index in [1.165, 1.54) is 6.07 Å². The zero-order valence-electron chi connectivity index (χ0n) is 10.5. The minimum Gasteiger partial charge on any atom is -0.323 e. The average Bonchev–Trinajstić information content (AvgIpc) is 2.66. The second kappa shape index (κ2) is 5.89. The van der Waals surface area contributed by atoms with E-state index in [0.717, 1.165) is 5.52 Å². The van der Waals surface area contributed by atoms with Crippen molar-refractivity contribution in [1.29, 1.82) is 0 Å². The lowest BCUT2D eigenvalue weighted by atomic mass is 10.3. The molecule has 19 heavy (non-hydrogen) atoms. The Labute approximate surface area is 126 Å². The van der Waals surface area contributed by atoms with Gasteiger partial charge in [-0.05, 0) is 28.9 Å². The van der Waals surface area contributed by atoms with Gasteiger partial charge >= 0.3 is 0 Å². The molecule has 2 unspecified atom stereocenters. The molecule has 1 aromatic heterocycles. The van der Waals surface area contributed by atoms with E-state index in [1.54, 1.807) is 12.3 Å². The van der Waals surface area contributed by atoms with Gasteiger partial charge in [-0.1, -0.05) is 0 Å². The fourth-order valence-electron chi connectivity index (χ4n) is 2.14. The second-order valence-corrected chi connectivity index (χ2v) is 6.98. The molecule has 0 radical (unpaired) electrons. The minimum absolute atomic E-state index is 0.0121. The van der Waals surface area contributed by atoms with Crippen molar-refractivity contribution >= 4 is 49.4 Å². The molecule has 0 aliphatic carbocycles. The van der Waals surface area contributed by atoms with Gasteiger partial charge in [0.2, 0.25) is 0 Å². The molecular weight excluding hydrogens is 355 g/mol. The summed E-state index contributed by atoms with van der Waals surface area (Å²) in [6, 6.07) is 3.05. The summed E-state index contributed by atoms with van der Waals surface area (Å²) in [5.74, 6) is 1.04. The van der Waals surface area contributed by atoms with Gasteiger partial charge in [-0.3, -0.25) is 4.21 Å². The van der Waals surface area contributed by atoms with Crippen LogP contribution in [0.3, 0.4) is 0 Å². The predicted octanol–water partition coefficient (Wildman–Crippen LogP) is 3.62. The number of alkyl halides is 1. The molecule has 0 N–H and O–H groups in total. The quantitative estimate of drug-likeness (QED) is 0.774. The van der Waals surface area contributed by atoms with Crippen LogP contribution < -0.4 is 0 Å². The summed E-state index contributed by atoms with van der Waals surface area (Å²) in [4.78, 5) is 4.33. The number of halogens is 3. The Morgan fingerprint density at radius 3 is 2.84 bits per heavy atom. The largest absolute Gasteiger partial charge is 0.323 e. The Kier molecular flexibility index (Phi) is 4.63. The number of hydrogen-bond acceptors (Lipinski definition) is 2. The highest BCUT2D eigenvalue weighted by Crippen LogP contribution is 2.27. The van der Waals surface area contributed by atoms with Gasteiger partial charge in [-0.25, -0.2) is 9.37 Å². The molecule has 2 rings (SSSR count). The van der Waals surface area contributed by atoms with Crippen molar-refractivity contribution in [3.63, 3.8) is 0 Å². The van der Waals surface area contributed by atoms with E-state index in [9.17, 15) is 8.60 Å². The highest BCUT2D eigenvalue weighted by atomic mass is 79.9. The number of nitrogens with zero attached hydrogens (tertiary/aromatic N) is 2. The van der Waals surface area contributed by atoms with Crippen molar-refractivity contribution in [3.8, 4) is 0 Å². The van der Waals surface area contributed by atoms with E-state index >= 15 is 0 Å². The van der Waals surface area contributed by atoms with E-state index in [-0.39, 0.29) is 17.7 Å². The number of rotatable bonds is 4. The van der Waals surface area contributed by atoms with Crippen LogP contribution in [-0.2, 0) is 16.7 Å². The van der Waals surface area contributed by atoms with Gasteiger partial charge < -0.3 is 4.57 Å². The molecule has 0 amide bonds. The highest BCUT2D eigenvalue weighted by Gasteiger charge is 2.18. The molecule has 3 nitrogen and oxygen atoms in total. The Balaban J connectivity index is 2.62. The van der Waals surface area contributed by atoms with Crippen molar-refractivity contribution in [1.82, 2.24) is 9.55 Å². The van der Waals surface area contributed by atoms with Crippen LogP contribution in [-0.4, -0.2) is 25.8 Å². The van der Waals surface area contributed by atoms with Gasteiger partial charge in [0.1, 0.15) is 11.6 Å². The molecule has 1 heterocycles. The lowest BCUT2D eigenvalue weighted by Gasteiger charge is -2.15. The normalized spacial score (nSPS) is 14.8. The first-order valence-corrected chi connectivity index (χ1v) is 8.71. The molecule has 1 aromatic carbocycles. The number of benzene rings is 1. The lowest BCUT2D eigenvalue weighted by Crippen LogP contribution is -2.15. The van der Waals surface area contributed by atoms with Crippen LogP contribution in [0.2, 0.25) is 0 Å². The monoisotopic (exact) mass is 366 g/mol. The molecule has 0 aliphatic rings. The van der Waals surface area contributed by atoms with Gasteiger partial charge in [0.05, 0.1) is 21.4 Å². The summed E-state index contributed by atoms with van der Waals surface area (Å²) >= 11 is 9.07. The Morgan fingerprint density at radius 2 is 2.26 bits per heavy atom. The van der Waals surface area contributed by atoms with E-state index < -0.39 is 10.8 Å². The maximum atomic E-state index is 13.5. The zero-order valence-corrected chi connectivity index (χ0v) is 13.6. The summed E-state index contributed by atoms with van der Waals surface area (Å²) in [6.07, 6.45) is 1.66. The van der Waals surface area contributed by atoms with Crippen molar-refractivity contribution in [3.05, 3.63) is 28.2 Å². The lowest BCUT2D eigenvalue weighted by molar-refractivity contribution is 0.593. The SMILES string of the molecule is CC(CS(C)=O)n1c(CCl)nc2cc(F)c(Br)cc21. The number of hydrogen-bond donors (Lipinski definition) is 0. The molecule has 2 aromatic rings. The third-order valence-corrected chi connectivity index (χ3v) is 4.64. The molecule has 0 spiro atoms.